The molecular formula is C12H21BN2O2. The maximum atomic E-state index is 5.88. The van der Waals surface area contributed by atoms with Crippen LogP contribution >= 0.6 is 0 Å². The van der Waals surface area contributed by atoms with Gasteiger partial charge in [-0.1, -0.05) is 12.7 Å². The fourth-order valence-corrected chi connectivity index (χ4v) is 1.37. The highest BCUT2D eigenvalue weighted by molar-refractivity contribution is 6.55. The number of allylic oxidation sites excluding steroid dienone is 2. The molecule has 1 saturated heterocycles. The van der Waals surface area contributed by atoms with E-state index in [0.29, 0.717) is 5.84 Å². The van der Waals surface area contributed by atoms with E-state index in [1.54, 1.807) is 19.2 Å². The molecule has 0 amide bonds. The predicted molar refractivity (Wildman–Crippen MR) is 71.7 cm³/mol. The Balaban J connectivity index is 2.93. The second-order valence-electron chi connectivity index (χ2n) is 5.19. The maximum absolute atomic E-state index is 5.88. The summed E-state index contributed by atoms with van der Waals surface area (Å²) < 4.78 is 11.8. The molecule has 0 aromatic carbocycles. The summed E-state index contributed by atoms with van der Waals surface area (Å²) in [6.45, 7) is 13.5. The zero-order chi connectivity index (χ0) is 13.3. The van der Waals surface area contributed by atoms with Crippen molar-refractivity contribution in [2.24, 2.45) is 10.7 Å². The SMILES string of the molecule is C=C/C(=C\N=C(C)N)B1OC(C)(C)C(C)(C)O1. The van der Waals surface area contributed by atoms with Gasteiger partial charge in [-0.3, -0.25) is 0 Å². The smallest absolute Gasteiger partial charge is 0.399 e. The number of nitrogens with two attached hydrogens (primary N) is 1. The largest absolute Gasteiger partial charge is 0.496 e. The van der Waals surface area contributed by atoms with Crippen LogP contribution in [0.2, 0.25) is 0 Å². The summed E-state index contributed by atoms with van der Waals surface area (Å²) in [6.07, 6.45) is 3.30. The number of hydrogen-bond acceptors (Lipinski definition) is 3. The van der Waals surface area contributed by atoms with Crippen molar-refractivity contribution in [1.82, 2.24) is 0 Å². The summed E-state index contributed by atoms with van der Waals surface area (Å²) in [4.78, 5) is 4.04. The third-order valence-electron chi connectivity index (χ3n) is 3.18. The Labute approximate surface area is 104 Å². The number of amidine groups is 1. The molecule has 1 aliphatic heterocycles. The number of aliphatic imine (C=N–C) groups is 1. The zero-order valence-corrected chi connectivity index (χ0v) is 11.3. The van der Waals surface area contributed by atoms with Crippen molar-refractivity contribution in [3.05, 3.63) is 24.3 Å². The van der Waals surface area contributed by atoms with E-state index in [0.717, 1.165) is 5.47 Å². The lowest BCUT2D eigenvalue weighted by molar-refractivity contribution is 0.00578. The van der Waals surface area contributed by atoms with Crippen molar-refractivity contribution in [2.75, 3.05) is 0 Å². The minimum atomic E-state index is -0.444. The van der Waals surface area contributed by atoms with Crippen molar-refractivity contribution in [3.63, 3.8) is 0 Å². The number of nitrogens with zero attached hydrogens (tertiary/aromatic N) is 1. The van der Waals surface area contributed by atoms with Crippen molar-refractivity contribution in [3.8, 4) is 0 Å². The summed E-state index contributed by atoms with van der Waals surface area (Å²) in [5, 5.41) is 0. The highest BCUT2D eigenvalue weighted by Crippen LogP contribution is 2.38. The van der Waals surface area contributed by atoms with Crippen LogP contribution in [0.4, 0.5) is 0 Å². The van der Waals surface area contributed by atoms with E-state index < -0.39 is 7.12 Å². The normalized spacial score (nSPS) is 23.9. The van der Waals surface area contributed by atoms with Gasteiger partial charge in [0.25, 0.3) is 0 Å². The fourth-order valence-electron chi connectivity index (χ4n) is 1.37. The molecule has 0 saturated carbocycles. The van der Waals surface area contributed by atoms with Crippen molar-refractivity contribution in [2.45, 2.75) is 45.8 Å². The molecule has 1 fully saturated rings. The van der Waals surface area contributed by atoms with Crippen LogP contribution in [0.15, 0.2) is 29.3 Å². The molecule has 0 bridgehead atoms. The minimum absolute atomic E-state index is 0.360. The lowest BCUT2D eigenvalue weighted by Gasteiger charge is -2.32. The molecule has 1 aliphatic rings. The molecular weight excluding hydrogens is 215 g/mol. The Morgan fingerprint density at radius 1 is 1.24 bits per heavy atom. The van der Waals surface area contributed by atoms with Gasteiger partial charge in [0.2, 0.25) is 0 Å². The molecule has 0 unspecified atom stereocenters. The van der Waals surface area contributed by atoms with Gasteiger partial charge < -0.3 is 15.0 Å². The Hall–Kier alpha value is -1.07. The van der Waals surface area contributed by atoms with E-state index >= 15 is 0 Å². The lowest BCUT2D eigenvalue weighted by atomic mass is 9.79. The summed E-state index contributed by atoms with van der Waals surface area (Å²) in [5.41, 5.74) is 5.54. The average molecular weight is 236 g/mol. The molecule has 0 aromatic rings. The van der Waals surface area contributed by atoms with Gasteiger partial charge in [0.15, 0.2) is 0 Å². The second kappa shape index (κ2) is 4.66. The summed E-state index contributed by atoms with van der Waals surface area (Å²) in [6, 6.07) is 0. The molecule has 0 atom stereocenters. The first kappa shape index (κ1) is 14.0. The lowest BCUT2D eigenvalue weighted by Crippen LogP contribution is -2.41. The molecule has 5 heteroatoms. The van der Waals surface area contributed by atoms with Crippen LogP contribution in [0.5, 0.6) is 0 Å². The molecule has 1 rings (SSSR count). The Kier molecular flexibility index (Phi) is 3.84. The summed E-state index contributed by atoms with van der Waals surface area (Å²) in [5.74, 6) is 0.487. The van der Waals surface area contributed by atoms with Crippen LogP contribution in [0.1, 0.15) is 34.6 Å². The van der Waals surface area contributed by atoms with E-state index in [9.17, 15) is 0 Å². The van der Waals surface area contributed by atoms with Gasteiger partial charge in [-0.2, -0.15) is 0 Å². The van der Waals surface area contributed by atoms with Crippen molar-refractivity contribution < 1.29 is 9.31 Å². The first-order chi connectivity index (χ1) is 7.69. The van der Waals surface area contributed by atoms with E-state index in [1.165, 1.54) is 0 Å². The molecule has 4 nitrogen and oxygen atoms in total. The van der Waals surface area contributed by atoms with Gasteiger partial charge in [0.1, 0.15) is 0 Å². The van der Waals surface area contributed by atoms with E-state index in [-0.39, 0.29) is 11.2 Å². The van der Waals surface area contributed by atoms with E-state index in [1.807, 2.05) is 27.7 Å². The fraction of sp³-hybridized carbons (Fsp3) is 0.583. The third kappa shape index (κ3) is 2.98. The maximum Gasteiger partial charge on any atom is 0.496 e. The zero-order valence-electron chi connectivity index (χ0n) is 11.3. The van der Waals surface area contributed by atoms with Crippen LogP contribution in [0, 0.1) is 0 Å². The molecule has 0 aliphatic carbocycles. The van der Waals surface area contributed by atoms with E-state index in [2.05, 4.69) is 11.6 Å². The van der Waals surface area contributed by atoms with Crippen LogP contribution in [-0.4, -0.2) is 24.2 Å². The Bertz CT molecular complexity index is 353. The first-order valence-electron chi connectivity index (χ1n) is 5.67. The Morgan fingerprint density at radius 2 is 1.71 bits per heavy atom. The topological polar surface area (TPSA) is 56.8 Å². The molecule has 0 radical (unpaired) electrons. The van der Waals surface area contributed by atoms with Gasteiger partial charge in [-0.15, -0.1) is 0 Å². The predicted octanol–water partition coefficient (Wildman–Crippen LogP) is 2.06. The average Bonchev–Trinajstić information content (AvgIpc) is 2.36. The van der Waals surface area contributed by atoms with Crippen LogP contribution in [0.3, 0.4) is 0 Å². The van der Waals surface area contributed by atoms with Gasteiger partial charge in [0, 0.05) is 11.7 Å². The quantitative estimate of drug-likeness (QED) is 0.353. The highest BCUT2D eigenvalue weighted by atomic mass is 16.7. The monoisotopic (exact) mass is 236 g/mol. The molecule has 94 valence electrons. The highest BCUT2D eigenvalue weighted by Gasteiger charge is 2.51. The third-order valence-corrected chi connectivity index (χ3v) is 3.18. The second-order valence-corrected chi connectivity index (χ2v) is 5.19. The minimum Gasteiger partial charge on any atom is -0.399 e. The molecule has 0 spiro atoms. The summed E-state index contributed by atoms with van der Waals surface area (Å²) in [7, 11) is -0.444. The standard InChI is InChI=1S/C12H21BN2O2/c1-7-10(8-15-9(2)14)13-16-11(3,4)12(5,6)17-13/h7-8H,1H2,2-6H3,(H2,14,15)/b10-8+. The van der Waals surface area contributed by atoms with Gasteiger partial charge in [-0.05, 0) is 34.6 Å². The van der Waals surface area contributed by atoms with E-state index in [4.69, 9.17) is 15.0 Å². The molecule has 2 N–H and O–H groups in total. The van der Waals surface area contributed by atoms with Crippen LogP contribution < -0.4 is 5.73 Å². The van der Waals surface area contributed by atoms with Gasteiger partial charge in [0.05, 0.1) is 17.0 Å². The van der Waals surface area contributed by atoms with Crippen molar-refractivity contribution in [1.29, 1.82) is 0 Å². The van der Waals surface area contributed by atoms with Crippen molar-refractivity contribution >= 4 is 13.0 Å². The van der Waals surface area contributed by atoms with Gasteiger partial charge >= 0.3 is 7.12 Å². The molecule has 1 heterocycles. The Morgan fingerprint density at radius 3 is 2.06 bits per heavy atom. The molecule has 0 aromatic heterocycles. The van der Waals surface area contributed by atoms with Crippen LogP contribution in [-0.2, 0) is 9.31 Å². The number of rotatable bonds is 3. The van der Waals surface area contributed by atoms with Gasteiger partial charge in [-0.25, -0.2) is 4.99 Å². The molecule has 17 heavy (non-hydrogen) atoms. The number of hydrogen-bond donors (Lipinski definition) is 1. The summed E-state index contributed by atoms with van der Waals surface area (Å²) >= 11 is 0. The first-order valence-corrected chi connectivity index (χ1v) is 5.67. The van der Waals surface area contributed by atoms with Crippen LogP contribution in [0.25, 0.3) is 0 Å².